The molecule has 0 radical (unpaired) electrons. The fraction of sp³-hybridized carbons (Fsp3) is 0.208. The van der Waals surface area contributed by atoms with Gasteiger partial charge in [0.1, 0.15) is 12.4 Å². The Morgan fingerprint density at radius 1 is 1.10 bits per heavy atom. The number of carbonyl (C=O) groups excluding carboxylic acids is 1. The van der Waals surface area contributed by atoms with E-state index in [0.29, 0.717) is 17.6 Å². The van der Waals surface area contributed by atoms with Gasteiger partial charge in [0.25, 0.3) is 0 Å². The number of nitrogens with zero attached hydrogens (tertiary/aromatic N) is 2. The van der Waals surface area contributed by atoms with Gasteiger partial charge in [-0.3, -0.25) is 9.89 Å². The van der Waals surface area contributed by atoms with E-state index in [1.54, 1.807) is 0 Å². The summed E-state index contributed by atoms with van der Waals surface area (Å²) in [6.45, 7) is 4.29. The number of aromatic nitrogens is 3. The first-order valence-electron chi connectivity index (χ1n) is 10.1. The van der Waals surface area contributed by atoms with Gasteiger partial charge in [-0.15, -0.1) is 5.10 Å². The molecule has 0 fully saturated rings. The molecule has 0 spiro atoms. The fourth-order valence-corrected chi connectivity index (χ4v) is 4.02. The molecule has 3 aromatic carbocycles. The molecule has 0 saturated heterocycles. The molecule has 4 aromatic rings. The first kappa shape index (κ1) is 20.9. The quantitative estimate of drug-likeness (QED) is 0.391. The van der Waals surface area contributed by atoms with Crippen LogP contribution in [0.5, 0.6) is 5.75 Å². The van der Waals surface area contributed by atoms with Gasteiger partial charge in [-0.25, -0.2) is 4.98 Å². The second kappa shape index (κ2) is 9.66. The maximum absolute atomic E-state index is 12.5. The Bertz CT molecular complexity index is 1190. The molecule has 31 heavy (non-hydrogen) atoms. The number of amides is 1. The van der Waals surface area contributed by atoms with Gasteiger partial charge in [-0.1, -0.05) is 72.4 Å². The van der Waals surface area contributed by atoms with Crippen LogP contribution in [0.15, 0.2) is 71.9 Å². The molecule has 0 bridgehead atoms. The lowest BCUT2D eigenvalue weighted by atomic mass is 10.00. The van der Waals surface area contributed by atoms with Gasteiger partial charge >= 0.3 is 0 Å². The summed E-state index contributed by atoms with van der Waals surface area (Å²) in [7, 11) is 0. The van der Waals surface area contributed by atoms with Crippen molar-refractivity contribution >= 4 is 28.4 Å². The summed E-state index contributed by atoms with van der Waals surface area (Å²) in [5, 5.41) is 12.9. The normalized spacial score (nSPS) is 11.9. The highest BCUT2D eigenvalue weighted by Crippen LogP contribution is 2.24. The molecule has 0 aliphatic carbocycles. The molecule has 1 unspecified atom stereocenters. The molecule has 0 aliphatic rings. The summed E-state index contributed by atoms with van der Waals surface area (Å²) in [5.74, 6) is 1.61. The number of hydrogen-bond donors (Lipinski definition) is 2. The van der Waals surface area contributed by atoms with E-state index in [1.807, 2.05) is 56.3 Å². The van der Waals surface area contributed by atoms with Crippen molar-refractivity contribution < 1.29 is 9.53 Å². The standard InChI is InChI=1S/C24H24N4O2S/c1-16-8-3-6-13-21(16)30-14-22-26-24(28-27-22)31-15-23(29)25-17(2)19-12-7-10-18-9-4-5-11-20(18)19/h3-13,17H,14-15H2,1-2H3,(H,25,29)(H,26,27,28). The minimum absolute atomic E-state index is 0.0621. The van der Waals surface area contributed by atoms with Gasteiger partial charge in [-0.05, 0) is 41.8 Å². The van der Waals surface area contributed by atoms with Crippen LogP contribution in [0.1, 0.15) is 29.9 Å². The molecule has 2 N–H and O–H groups in total. The Morgan fingerprint density at radius 3 is 2.74 bits per heavy atom. The van der Waals surface area contributed by atoms with Gasteiger partial charge in [-0.2, -0.15) is 0 Å². The van der Waals surface area contributed by atoms with E-state index in [0.717, 1.165) is 27.6 Å². The molecule has 4 rings (SSSR count). The lowest BCUT2D eigenvalue weighted by Gasteiger charge is -2.16. The third-order valence-corrected chi connectivity index (χ3v) is 5.82. The SMILES string of the molecule is Cc1ccccc1OCc1nc(SCC(=O)NC(C)c2cccc3ccccc23)n[nH]1. The Balaban J connectivity index is 1.29. The van der Waals surface area contributed by atoms with Crippen LogP contribution in [-0.2, 0) is 11.4 Å². The molecule has 1 heterocycles. The minimum Gasteiger partial charge on any atom is -0.485 e. The molecule has 7 heteroatoms. The highest BCUT2D eigenvalue weighted by Gasteiger charge is 2.14. The second-order valence-corrected chi connectivity index (χ2v) is 8.21. The van der Waals surface area contributed by atoms with Crippen molar-refractivity contribution in [1.29, 1.82) is 0 Å². The predicted molar refractivity (Wildman–Crippen MR) is 123 cm³/mol. The summed E-state index contributed by atoms with van der Waals surface area (Å²) < 4.78 is 5.78. The smallest absolute Gasteiger partial charge is 0.230 e. The van der Waals surface area contributed by atoms with Crippen LogP contribution in [0.4, 0.5) is 0 Å². The predicted octanol–water partition coefficient (Wildman–Crippen LogP) is 4.81. The average Bonchev–Trinajstić information content (AvgIpc) is 3.24. The van der Waals surface area contributed by atoms with Gasteiger partial charge in [0.05, 0.1) is 11.8 Å². The number of carbonyl (C=O) groups is 1. The van der Waals surface area contributed by atoms with Crippen molar-refractivity contribution in [2.45, 2.75) is 31.7 Å². The van der Waals surface area contributed by atoms with Gasteiger partial charge in [0.15, 0.2) is 5.82 Å². The number of rotatable bonds is 8. The van der Waals surface area contributed by atoms with E-state index >= 15 is 0 Å². The fourth-order valence-electron chi connectivity index (χ4n) is 3.39. The monoisotopic (exact) mass is 432 g/mol. The lowest BCUT2D eigenvalue weighted by Crippen LogP contribution is -2.28. The van der Waals surface area contributed by atoms with E-state index in [9.17, 15) is 4.79 Å². The Kier molecular flexibility index (Phi) is 6.52. The molecular formula is C24H24N4O2S. The number of ether oxygens (including phenoxy) is 1. The van der Waals surface area contributed by atoms with Crippen LogP contribution in [0.3, 0.4) is 0 Å². The first-order chi connectivity index (χ1) is 15.1. The van der Waals surface area contributed by atoms with Crippen molar-refractivity contribution in [2.75, 3.05) is 5.75 Å². The topological polar surface area (TPSA) is 79.9 Å². The number of benzene rings is 3. The maximum Gasteiger partial charge on any atom is 0.230 e. The highest BCUT2D eigenvalue weighted by atomic mass is 32.2. The zero-order valence-corrected chi connectivity index (χ0v) is 18.3. The van der Waals surface area contributed by atoms with E-state index < -0.39 is 0 Å². The Hall–Kier alpha value is -3.32. The van der Waals surface area contributed by atoms with Crippen molar-refractivity contribution in [1.82, 2.24) is 20.5 Å². The van der Waals surface area contributed by atoms with Gasteiger partial charge in [0, 0.05) is 0 Å². The summed E-state index contributed by atoms with van der Waals surface area (Å²) in [5.41, 5.74) is 2.17. The van der Waals surface area contributed by atoms with Crippen LogP contribution < -0.4 is 10.1 Å². The van der Waals surface area contributed by atoms with E-state index in [2.05, 4.69) is 44.8 Å². The molecule has 1 atom stereocenters. The van der Waals surface area contributed by atoms with Crippen LogP contribution in [0, 0.1) is 6.92 Å². The number of thioether (sulfide) groups is 1. The number of hydrogen-bond acceptors (Lipinski definition) is 5. The number of H-pyrrole nitrogens is 1. The lowest BCUT2D eigenvalue weighted by molar-refractivity contribution is -0.119. The second-order valence-electron chi connectivity index (χ2n) is 7.27. The number of para-hydroxylation sites is 1. The zero-order valence-electron chi connectivity index (χ0n) is 17.5. The largest absolute Gasteiger partial charge is 0.485 e. The summed E-state index contributed by atoms with van der Waals surface area (Å²) in [6, 6.07) is 22.1. The van der Waals surface area contributed by atoms with Crippen molar-refractivity contribution in [3.05, 3.63) is 83.7 Å². The summed E-state index contributed by atoms with van der Waals surface area (Å²) in [4.78, 5) is 16.9. The third-order valence-electron chi connectivity index (χ3n) is 4.97. The van der Waals surface area contributed by atoms with Gasteiger partial charge in [0.2, 0.25) is 11.1 Å². The molecule has 158 valence electrons. The molecule has 6 nitrogen and oxygen atoms in total. The van der Waals surface area contributed by atoms with Crippen LogP contribution >= 0.6 is 11.8 Å². The molecule has 1 aromatic heterocycles. The Labute approximate surface area is 185 Å². The molecule has 1 amide bonds. The molecular weight excluding hydrogens is 408 g/mol. The van der Waals surface area contributed by atoms with Crippen LogP contribution in [-0.4, -0.2) is 26.8 Å². The van der Waals surface area contributed by atoms with Crippen LogP contribution in [0.2, 0.25) is 0 Å². The van der Waals surface area contributed by atoms with Crippen molar-refractivity contribution in [2.24, 2.45) is 0 Å². The highest BCUT2D eigenvalue weighted by molar-refractivity contribution is 7.99. The van der Waals surface area contributed by atoms with Crippen molar-refractivity contribution in [3.8, 4) is 5.75 Å². The molecule has 0 aliphatic heterocycles. The number of nitrogens with one attached hydrogen (secondary N) is 2. The van der Waals surface area contributed by atoms with Crippen molar-refractivity contribution in [3.63, 3.8) is 0 Å². The maximum atomic E-state index is 12.5. The molecule has 0 saturated carbocycles. The van der Waals surface area contributed by atoms with E-state index in [1.165, 1.54) is 11.8 Å². The third kappa shape index (κ3) is 5.24. The first-order valence-corrected chi connectivity index (χ1v) is 11.1. The average molecular weight is 433 g/mol. The van der Waals surface area contributed by atoms with Crippen LogP contribution in [0.25, 0.3) is 10.8 Å². The number of aryl methyl sites for hydroxylation is 1. The zero-order chi connectivity index (χ0) is 21.6. The minimum atomic E-state index is -0.0931. The summed E-state index contributed by atoms with van der Waals surface area (Å²) in [6.07, 6.45) is 0. The number of fused-ring (bicyclic) bond motifs is 1. The van der Waals surface area contributed by atoms with Gasteiger partial charge < -0.3 is 10.1 Å². The number of aromatic amines is 1. The summed E-state index contributed by atoms with van der Waals surface area (Å²) >= 11 is 1.29. The van der Waals surface area contributed by atoms with E-state index in [-0.39, 0.29) is 17.7 Å². The Morgan fingerprint density at radius 2 is 1.87 bits per heavy atom. The van der Waals surface area contributed by atoms with E-state index in [4.69, 9.17) is 4.74 Å².